The normalized spacial score (nSPS) is 10.5. The summed E-state index contributed by atoms with van der Waals surface area (Å²) in [5.74, 6) is -0.0304. The number of nitrogens with zero attached hydrogens (tertiary/aromatic N) is 2. The minimum atomic E-state index is -0.412. The highest BCUT2D eigenvalue weighted by atomic mass is 35.5. The molecule has 2 rings (SSSR count). The van der Waals surface area contributed by atoms with E-state index in [9.17, 15) is 4.39 Å². The number of halogens is 2. The average Bonchev–Trinajstić information content (AvgIpc) is 2.29. The van der Waals surface area contributed by atoms with Gasteiger partial charge in [0.1, 0.15) is 18.0 Å². The molecule has 0 saturated heterocycles. The van der Waals surface area contributed by atoms with Crippen LogP contribution in [-0.2, 0) is 6.42 Å². The molecule has 1 heterocycles. The van der Waals surface area contributed by atoms with Gasteiger partial charge in [-0.25, -0.2) is 14.4 Å². The van der Waals surface area contributed by atoms with Crippen molar-refractivity contribution in [1.82, 2.24) is 9.97 Å². The Morgan fingerprint density at radius 1 is 1.35 bits per heavy atom. The van der Waals surface area contributed by atoms with E-state index >= 15 is 0 Å². The molecule has 0 aliphatic heterocycles. The van der Waals surface area contributed by atoms with E-state index in [0.717, 1.165) is 5.56 Å². The van der Waals surface area contributed by atoms with Gasteiger partial charge in [-0.2, -0.15) is 0 Å². The van der Waals surface area contributed by atoms with Crippen LogP contribution in [0.2, 0.25) is 5.02 Å². The van der Waals surface area contributed by atoms with Crippen LogP contribution in [0.4, 0.5) is 10.2 Å². The van der Waals surface area contributed by atoms with Gasteiger partial charge in [0.05, 0.1) is 5.69 Å². The van der Waals surface area contributed by atoms with Crippen LogP contribution >= 0.6 is 11.6 Å². The lowest BCUT2D eigenvalue weighted by Gasteiger charge is -2.09. The molecular weight excluding hydrogens is 241 g/mol. The first-order chi connectivity index (χ1) is 8.13. The number of anilines is 1. The molecule has 5 heteroatoms. The number of hydrogen-bond donors (Lipinski definition) is 1. The summed E-state index contributed by atoms with van der Waals surface area (Å²) in [6.45, 7) is 1.92. The maximum absolute atomic E-state index is 13.8. The van der Waals surface area contributed by atoms with E-state index in [2.05, 4.69) is 9.97 Å². The van der Waals surface area contributed by atoms with Crippen LogP contribution in [0.5, 0.6) is 0 Å². The quantitative estimate of drug-likeness (QED) is 0.892. The molecule has 1 aromatic heterocycles. The van der Waals surface area contributed by atoms with Gasteiger partial charge in [0, 0.05) is 16.1 Å². The molecule has 0 amide bonds. The van der Waals surface area contributed by atoms with Crippen LogP contribution in [0.1, 0.15) is 12.5 Å². The van der Waals surface area contributed by atoms with E-state index < -0.39 is 5.82 Å². The first-order valence-electron chi connectivity index (χ1n) is 5.18. The monoisotopic (exact) mass is 251 g/mol. The second kappa shape index (κ2) is 4.67. The van der Waals surface area contributed by atoms with Crippen LogP contribution in [0.3, 0.4) is 0 Å². The molecule has 88 valence electrons. The van der Waals surface area contributed by atoms with Gasteiger partial charge in [-0.05, 0) is 24.6 Å². The fourth-order valence-electron chi connectivity index (χ4n) is 1.69. The topological polar surface area (TPSA) is 51.8 Å². The summed E-state index contributed by atoms with van der Waals surface area (Å²) in [4.78, 5) is 8.00. The second-order valence-corrected chi connectivity index (χ2v) is 4.00. The summed E-state index contributed by atoms with van der Waals surface area (Å²) >= 11 is 5.71. The molecule has 0 fully saturated rings. The minimum Gasteiger partial charge on any atom is -0.383 e. The Kier molecular flexibility index (Phi) is 3.24. The SMILES string of the molecule is CCc1c(N)ncnc1-c1ccc(Cl)cc1F. The smallest absolute Gasteiger partial charge is 0.134 e. The highest BCUT2D eigenvalue weighted by molar-refractivity contribution is 6.30. The van der Waals surface area contributed by atoms with Crippen molar-refractivity contribution < 1.29 is 4.39 Å². The fraction of sp³-hybridized carbons (Fsp3) is 0.167. The maximum Gasteiger partial charge on any atom is 0.134 e. The summed E-state index contributed by atoms with van der Waals surface area (Å²) < 4.78 is 13.8. The predicted molar refractivity (Wildman–Crippen MR) is 66.2 cm³/mol. The molecule has 17 heavy (non-hydrogen) atoms. The third-order valence-corrected chi connectivity index (χ3v) is 2.75. The first-order valence-corrected chi connectivity index (χ1v) is 5.56. The van der Waals surface area contributed by atoms with Crippen molar-refractivity contribution in [1.29, 1.82) is 0 Å². The fourth-order valence-corrected chi connectivity index (χ4v) is 1.85. The summed E-state index contributed by atoms with van der Waals surface area (Å²) in [5, 5.41) is 0.353. The van der Waals surface area contributed by atoms with Crippen LogP contribution in [0, 0.1) is 5.82 Å². The lowest BCUT2D eigenvalue weighted by atomic mass is 10.0. The molecule has 0 unspecified atom stereocenters. The predicted octanol–water partition coefficient (Wildman–Crippen LogP) is 3.08. The van der Waals surface area contributed by atoms with Gasteiger partial charge in [-0.3, -0.25) is 0 Å². The molecule has 0 spiro atoms. The second-order valence-electron chi connectivity index (χ2n) is 3.56. The third-order valence-electron chi connectivity index (χ3n) is 2.52. The highest BCUT2D eigenvalue weighted by Gasteiger charge is 2.13. The number of hydrogen-bond acceptors (Lipinski definition) is 3. The maximum atomic E-state index is 13.8. The van der Waals surface area contributed by atoms with Crippen molar-refractivity contribution in [3.05, 3.63) is 40.9 Å². The van der Waals surface area contributed by atoms with Crippen molar-refractivity contribution in [3.8, 4) is 11.3 Å². The lowest BCUT2D eigenvalue weighted by Crippen LogP contribution is -2.02. The van der Waals surface area contributed by atoms with Gasteiger partial charge in [0.15, 0.2) is 0 Å². The largest absolute Gasteiger partial charge is 0.383 e. The van der Waals surface area contributed by atoms with Crippen molar-refractivity contribution in [3.63, 3.8) is 0 Å². The molecule has 0 aliphatic rings. The van der Waals surface area contributed by atoms with Crippen molar-refractivity contribution in [2.45, 2.75) is 13.3 Å². The molecule has 2 N–H and O–H groups in total. The minimum absolute atomic E-state index is 0.353. The standard InChI is InChI=1S/C12H11ClFN3/c1-2-8-11(16-6-17-12(8)15)9-4-3-7(13)5-10(9)14/h3-6H,2H2,1H3,(H2,15,16,17). The Hall–Kier alpha value is -1.68. The van der Waals surface area contributed by atoms with Crippen LogP contribution in [-0.4, -0.2) is 9.97 Å². The van der Waals surface area contributed by atoms with Gasteiger partial charge in [-0.15, -0.1) is 0 Å². The summed E-state index contributed by atoms with van der Waals surface area (Å²) in [6.07, 6.45) is 1.97. The van der Waals surface area contributed by atoms with Crippen molar-refractivity contribution in [2.24, 2.45) is 0 Å². The average molecular weight is 252 g/mol. The molecule has 2 aromatic rings. The number of nitrogen functional groups attached to an aromatic ring is 1. The van der Waals surface area contributed by atoms with Gasteiger partial charge >= 0.3 is 0 Å². The van der Waals surface area contributed by atoms with E-state index in [4.69, 9.17) is 17.3 Å². The van der Waals surface area contributed by atoms with Crippen LogP contribution in [0.15, 0.2) is 24.5 Å². The number of rotatable bonds is 2. The summed E-state index contributed by atoms with van der Waals surface area (Å²) in [5.41, 5.74) is 7.41. The summed E-state index contributed by atoms with van der Waals surface area (Å²) in [6, 6.07) is 4.48. The van der Waals surface area contributed by atoms with E-state index in [1.807, 2.05) is 6.92 Å². The molecule has 1 aromatic carbocycles. The zero-order valence-corrected chi connectivity index (χ0v) is 10.0. The lowest BCUT2D eigenvalue weighted by molar-refractivity contribution is 0.630. The molecular formula is C12H11ClFN3. The Balaban J connectivity index is 2.64. The van der Waals surface area contributed by atoms with E-state index in [1.165, 1.54) is 12.4 Å². The summed E-state index contributed by atoms with van der Waals surface area (Å²) in [7, 11) is 0. The third kappa shape index (κ3) is 2.22. The van der Waals surface area contributed by atoms with E-state index in [0.29, 0.717) is 28.5 Å². The first kappa shape index (κ1) is 11.8. The van der Waals surface area contributed by atoms with Crippen molar-refractivity contribution >= 4 is 17.4 Å². The highest BCUT2D eigenvalue weighted by Crippen LogP contribution is 2.28. The molecule has 0 atom stereocenters. The van der Waals surface area contributed by atoms with Gasteiger partial charge in [0.2, 0.25) is 0 Å². The van der Waals surface area contributed by atoms with Gasteiger partial charge in [-0.1, -0.05) is 18.5 Å². The van der Waals surface area contributed by atoms with E-state index in [1.54, 1.807) is 12.1 Å². The molecule has 0 saturated carbocycles. The molecule has 0 bridgehead atoms. The number of benzene rings is 1. The van der Waals surface area contributed by atoms with E-state index in [-0.39, 0.29) is 0 Å². The Morgan fingerprint density at radius 2 is 2.12 bits per heavy atom. The number of nitrogens with two attached hydrogens (primary N) is 1. The van der Waals surface area contributed by atoms with Crippen molar-refractivity contribution in [2.75, 3.05) is 5.73 Å². The zero-order chi connectivity index (χ0) is 12.4. The Bertz CT molecular complexity index is 557. The van der Waals surface area contributed by atoms with Gasteiger partial charge in [0.25, 0.3) is 0 Å². The molecule has 0 radical (unpaired) electrons. The number of aromatic nitrogens is 2. The van der Waals surface area contributed by atoms with Gasteiger partial charge < -0.3 is 5.73 Å². The van der Waals surface area contributed by atoms with Crippen LogP contribution in [0.25, 0.3) is 11.3 Å². The van der Waals surface area contributed by atoms with Crippen LogP contribution < -0.4 is 5.73 Å². The zero-order valence-electron chi connectivity index (χ0n) is 9.24. The Labute approximate surface area is 103 Å². The molecule has 3 nitrogen and oxygen atoms in total. The Morgan fingerprint density at radius 3 is 2.76 bits per heavy atom. The molecule has 0 aliphatic carbocycles.